The molecule has 0 bridgehead atoms. The summed E-state index contributed by atoms with van der Waals surface area (Å²) in [7, 11) is 0. The van der Waals surface area contributed by atoms with Gasteiger partial charge in [0.25, 0.3) is 0 Å². The fourth-order valence-corrected chi connectivity index (χ4v) is 5.99. The summed E-state index contributed by atoms with van der Waals surface area (Å²) in [6.45, 7) is 2.57. The minimum Gasteiger partial charge on any atom is -0.312 e. The lowest BCUT2D eigenvalue weighted by Crippen LogP contribution is -2.60. The molecule has 0 aromatic heterocycles. The van der Waals surface area contributed by atoms with E-state index < -0.39 is 0 Å². The molecule has 5 rings (SSSR count). The van der Waals surface area contributed by atoms with Crippen molar-refractivity contribution in [1.29, 1.82) is 0 Å². The molecule has 3 nitrogen and oxygen atoms in total. The van der Waals surface area contributed by atoms with E-state index in [9.17, 15) is 4.79 Å². The number of nitrogens with zero attached hydrogens (tertiary/aromatic N) is 2. The van der Waals surface area contributed by atoms with Gasteiger partial charge in [0.05, 0.1) is 5.54 Å². The Morgan fingerprint density at radius 2 is 2.00 bits per heavy atom. The molecule has 0 aromatic carbocycles. The number of hydrogen-bond acceptors (Lipinski definition) is 2. The van der Waals surface area contributed by atoms with Crippen LogP contribution in [0.25, 0.3) is 0 Å². The van der Waals surface area contributed by atoms with Crippen LogP contribution in [0.2, 0.25) is 0 Å². The molecular formula is C16H22N2O. The standard InChI is InChI=1S/C16H22N2O/c19-13-5-1-7-16-11-15(16)6-3-9-17-8-2-4-12(14(15)17)10-18(13)16/h10,14H,1-9,11H2. The summed E-state index contributed by atoms with van der Waals surface area (Å²) in [5.41, 5.74) is 2.27. The molecule has 0 N–H and O–H groups in total. The Balaban J connectivity index is 1.67. The highest BCUT2D eigenvalue weighted by atomic mass is 16.2. The summed E-state index contributed by atoms with van der Waals surface area (Å²) in [6.07, 6.45) is 11.9. The molecule has 1 aliphatic carbocycles. The Labute approximate surface area is 114 Å². The molecule has 0 radical (unpaired) electrons. The van der Waals surface area contributed by atoms with Crippen molar-refractivity contribution in [2.75, 3.05) is 13.1 Å². The van der Waals surface area contributed by atoms with Gasteiger partial charge in [0.2, 0.25) is 5.91 Å². The topological polar surface area (TPSA) is 23.6 Å². The first kappa shape index (κ1) is 10.9. The third-order valence-electron chi connectivity index (χ3n) is 6.63. The summed E-state index contributed by atoms with van der Waals surface area (Å²) in [6, 6.07) is 0.692. The second-order valence-corrected chi connectivity index (χ2v) is 7.33. The Morgan fingerprint density at radius 1 is 1.11 bits per heavy atom. The van der Waals surface area contributed by atoms with Crippen LogP contribution < -0.4 is 0 Å². The Kier molecular flexibility index (Phi) is 1.86. The van der Waals surface area contributed by atoms with Gasteiger partial charge in [-0.05, 0) is 63.6 Å². The van der Waals surface area contributed by atoms with Crippen molar-refractivity contribution < 1.29 is 4.79 Å². The van der Waals surface area contributed by atoms with Crippen molar-refractivity contribution in [3.8, 4) is 0 Å². The van der Waals surface area contributed by atoms with Crippen LogP contribution in [0, 0.1) is 5.41 Å². The van der Waals surface area contributed by atoms with Crippen molar-refractivity contribution in [2.24, 2.45) is 5.41 Å². The van der Waals surface area contributed by atoms with Gasteiger partial charge in [0.1, 0.15) is 0 Å². The van der Waals surface area contributed by atoms with Gasteiger partial charge in [0, 0.05) is 24.1 Å². The highest BCUT2D eigenvalue weighted by molar-refractivity contribution is 5.81. The normalized spacial score (nSPS) is 48.0. The lowest BCUT2D eigenvalue weighted by molar-refractivity contribution is -0.137. The molecule has 3 atom stereocenters. The first-order valence-electron chi connectivity index (χ1n) is 8.04. The van der Waals surface area contributed by atoms with Crippen LogP contribution in [0.3, 0.4) is 0 Å². The monoisotopic (exact) mass is 258 g/mol. The zero-order valence-corrected chi connectivity index (χ0v) is 11.5. The second-order valence-electron chi connectivity index (χ2n) is 7.33. The third kappa shape index (κ3) is 1.09. The lowest BCUT2D eigenvalue weighted by atomic mass is 9.71. The van der Waals surface area contributed by atoms with Crippen LogP contribution >= 0.6 is 0 Å². The van der Waals surface area contributed by atoms with E-state index in [-0.39, 0.29) is 5.54 Å². The SMILES string of the molecule is O=C1CCCC23CC24CCCN2CCCC(=CN13)C24. The molecule has 4 heterocycles. The predicted molar refractivity (Wildman–Crippen MR) is 72.4 cm³/mol. The van der Waals surface area contributed by atoms with Crippen LogP contribution in [-0.4, -0.2) is 40.4 Å². The summed E-state index contributed by atoms with van der Waals surface area (Å²) in [5.74, 6) is 0.400. The highest BCUT2D eigenvalue weighted by Crippen LogP contribution is 2.73. The van der Waals surface area contributed by atoms with Gasteiger partial charge in [-0.15, -0.1) is 0 Å². The molecule has 3 unspecified atom stereocenters. The summed E-state index contributed by atoms with van der Waals surface area (Å²) in [5, 5.41) is 0. The first-order chi connectivity index (χ1) is 9.27. The maximum absolute atomic E-state index is 12.4. The summed E-state index contributed by atoms with van der Waals surface area (Å²) in [4.78, 5) is 17.3. The van der Waals surface area contributed by atoms with Gasteiger partial charge in [-0.1, -0.05) is 0 Å². The number of piperidine rings is 3. The molecule has 1 amide bonds. The molecule has 1 saturated carbocycles. The van der Waals surface area contributed by atoms with E-state index in [0.717, 1.165) is 12.8 Å². The molecule has 102 valence electrons. The van der Waals surface area contributed by atoms with Crippen LogP contribution in [0.1, 0.15) is 51.4 Å². The van der Waals surface area contributed by atoms with Crippen LogP contribution in [0.5, 0.6) is 0 Å². The highest BCUT2D eigenvalue weighted by Gasteiger charge is 2.77. The maximum Gasteiger partial charge on any atom is 0.227 e. The van der Waals surface area contributed by atoms with Crippen molar-refractivity contribution in [2.45, 2.75) is 62.9 Å². The first-order valence-corrected chi connectivity index (χ1v) is 8.04. The van der Waals surface area contributed by atoms with Crippen molar-refractivity contribution in [3.05, 3.63) is 11.8 Å². The Morgan fingerprint density at radius 3 is 2.95 bits per heavy atom. The molecular weight excluding hydrogens is 236 g/mol. The average Bonchev–Trinajstić information content (AvgIpc) is 3.05. The van der Waals surface area contributed by atoms with Gasteiger partial charge < -0.3 is 4.90 Å². The molecule has 2 spiro atoms. The van der Waals surface area contributed by atoms with E-state index in [1.807, 2.05) is 0 Å². The van der Waals surface area contributed by atoms with E-state index in [4.69, 9.17) is 0 Å². The fraction of sp³-hybridized carbons (Fsp3) is 0.812. The zero-order valence-electron chi connectivity index (χ0n) is 11.5. The van der Waals surface area contributed by atoms with Gasteiger partial charge in [0.15, 0.2) is 0 Å². The Bertz CT molecular complexity index is 497. The van der Waals surface area contributed by atoms with Crippen LogP contribution in [0.15, 0.2) is 11.8 Å². The smallest absolute Gasteiger partial charge is 0.227 e. The van der Waals surface area contributed by atoms with Crippen LogP contribution in [-0.2, 0) is 4.79 Å². The summed E-state index contributed by atoms with van der Waals surface area (Å²) < 4.78 is 0. The molecule has 4 aliphatic heterocycles. The quantitative estimate of drug-likeness (QED) is 0.665. The largest absolute Gasteiger partial charge is 0.312 e. The third-order valence-corrected chi connectivity index (χ3v) is 6.63. The van der Waals surface area contributed by atoms with Crippen molar-refractivity contribution >= 4 is 5.91 Å². The minimum atomic E-state index is 0.243. The predicted octanol–water partition coefficient (Wildman–Crippen LogP) is 2.28. The zero-order chi connectivity index (χ0) is 12.7. The number of carbonyl (C=O) groups excluding carboxylic acids is 1. The number of rotatable bonds is 0. The van der Waals surface area contributed by atoms with Gasteiger partial charge in [-0.2, -0.15) is 0 Å². The number of amides is 1. The Hall–Kier alpha value is -0.830. The summed E-state index contributed by atoms with van der Waals surface area (Å²) >= 11 is 0. The number of carbonyl (C=O) groups is 1. The molecule has 19 heavy (non-hydrogen) atoms. The molecule has 0 aromatic rings. The lowest BCUT2D eigenvalue weighted by Gasteiger charge is -2.54. The van der Waals surface area contributed by atoms with E-state index in [1.165, 1.54) is 51.6 Å². The second kappa shape index (κ2) is 3.25. The number of hydrogen-bond donors (Lipinski definition) is 0. The van der Waals surface area contributed by atoms with E-state index in [0.29, 0.717) is 17.4 Å². The van der Waals surface area contributed by atoms with Gasteiger partial charge >= 0.3 is 0 Å². The molecule has 3 saturated heterocycles. The molecule has 4 fully saturated rings. The van der Waals surface area contributed by atoms with E-state index in [1.54, 1.807) is 5.57 Å². The average molecular weight is 258 g/mol. The van der Waals surface area contributed by atoms with E-state index >= 15 is 0 Å². The molecule has 3 heteroatoms. The van der Waals surface area contributed by atoms with E-state index in [2.05, 4.69) is 16.0 Å². The van der Waals surface area contributed by atoms with Crippen LogP contribution in [0.4, 0.5) is 0 Å². The van der Waals surface area contributed by atoms with Crippen molar-refractivity contribution in [3.63, 3.8) is 0 Å². The van der Waals surface area contributed by atoms with Gasteiger partial charge in [-0.25, -0.2) is 0 Å². The minimum absolute atomic E-state index is 0.243. The fourth-order valence-electron chi connectivity index (χ4n) is 5.99. The maximum atomic E-state index is 12.4. The molecule has 5 aliphatic rings. The van der Waals surface area contributed by atoms with Gasteiger partial charge in [-0.3, -0.25) is 9.69 Å². The van der Waals surface area contributed by atoms with Crippen molar-refractivity contribution in [1.82, 2.24) is 9.80 Å².